The molecule has 94 valence electrons. The van der Waals surface area contributed by atoms with E-state index in [2.05, 4.69) is 15.7 Å². The number of hydrogen-bond acceptors (Lipinski definition) is 2. The summed E-state index contributed by atoms with van der Waals surface area (Å²) in [6.45, 7) is 2.53. The van der Waals surface area contributed by atoms with E-state index in [1.54, 1.807) is 24.0 Å². The number of anilines is 1. The Labute approximate surface area is 106 Å². The minimum Gasteiger partial charge on any atom is -0.334 e. The van der Waals surface area contributed by atoms with E-state index in [1.807, 2.05) is 31.2 Å². The zero-order valence-corrected chi connectivity index (χ0v) is 10.5. The lowest BCUT2D eigenvalue weighted by Crippen LogP contribution is -2.28. The van der Waals surface area contributed by atoms with Crippen LogP contribution in [0.3, 0.4) is 0 Å². The highest BCUT2D eigenvalue weighted by Gasteiger charge is 2.03. The molecule has 0 atom stereocenters. The van der Waals surface area contributed by atoms with Crippen molar-refractivity contribution in [1.29, 1.82) is 0 Å². The molecule has 1 aromatic heterocycles. The van der Waals surface area contributed by atoms with E-state index in [0.29, 0.717) is 12.4 Å². The molecule has 2 rings (SSSR count). The van der Waals surface area contributed by atoms with E-state index in [1.165, 1.54) is 5.56 Å². The van der Waals surface area contributed by atoms with Gasteiger partial charge in [-0.15, -0.1) is 0 Å². The van der Waals surface area contributed by atoms with Gasteiger partial charge in [-0.1, -0.05) is 29.8 Å². The lowest BCUT2D eigenvalue weighted by atomic mass is 10.1. The quantitative estimate of drug-likeness (QED) is 0.868. The molecule has 0 aliphatic heterocycles. The number of carbonyl (C=O) groups is 1. The Morgan fingerprint density at radius 3 is 2.89 bits per heavy atom. The second-order valence-electron chi connectivity index (χ2n) is 4.17. The van der Waals surface area contributed by atoms with E-state index in [0.717, 1.165) is 5.56 Å². The topological polar surface area (TPSA) is 59.0 Å². The summed E-state index contributed by atoms with van der Waals surface area (Å²) in [6.07, 6.45) is 1.77. The second kappa shape index (κ2) is 5.35. The van der Waals surface area contributed by atoms with Crippen molar-refractivity contribution in [3.8, 4) is 0 Å². The number of carbonyl (C=O) groups excluding carboxylic acids is 1. The first kappa shape index (κ1) is 12.2. The first-order chi connectivity index (χ1) is 8.63. The standard InChI is InChI=1S/C13H16N4O/c1-10-4-3-5-11(8-10)9-14-13(18)15-12-6-7-17(2)16-12/h3-8H,9H2,1-2H3,(H2,14,15,16,18). The third-order valence-corrected chi connectivity index (χ3v) is 2.49. The van der Waals surface area contributed by atoms with Gasteiger partial charge in [0, 0.05) is 25.9 Å². The molecular formula is C13H16N4O. The summed E-state index contributed by atoms with van der Waals surface area (Å²) >= 11 is 0. The minimum absolute atomic E-state index is 0.254. The molecule has 0 radical (unpaired) electrons. The van der Waals surface area contributed by atoms with Gasteiger partial charge in [-0.25, -0.2) is 4.79 Å². The zero-order chi connectivity index (χ0) is 13.0. The van der Waals surface area contributed by atoms with Crippen LogP contribution in [-0.4, -0.2) is 15.8 Å². The van der Waals surface area contributed by atoms with E-state index in [4.69, 9.17) is 0 Å². The number of rotatable bonds is 3. The Kier molecular flexibility index (Phi) is 3.62. The summed E-state index contributed by atoms with van der Waals surface area (Å²) in [7, 11) is 1.80. The first-order valence-electron chi connectivity index (χ1n) is 5.73. The number of aromatic nitrogens is 2. The Hall–Kier alpha value is -2.30. The second-order valence-corrected chi connectivity index (χ2v) is 4.17. The summed E-state index contributed by atoms with van der Waals surface area (Å²) in [5.74, 6) is 0.541. The number of aryl methyl sites for hydroxylation is 2. The van der Waals surface area contributed by atoms with Crippen LogP contribution in [0.2, 0.25) is 0 Å². The van der Waals surface area contributed by atoms with Crippen LogP contribution in [0.5, 0.6) is 0 Å². The highest BCUT2D eigenvalue weighted by molar-refractivity contribution is 5.88. The molecule has 1 aromatic carbocycles. The van der Waals surface area contributed by atoms with Gasteiger partial charge in [0.1, 0.15) is 0 Å². The fraction of sp³-hybridized carbons (Fsp3) is 0.231. The molecule has 18 heavy (non-hydrogen) atoms. The summed E-state index contributed by atoms with van der Waals surface area (Å²) < 4.78 is 1.64. The third-order valence-electron chi connectivity index (χ3n) is 2.49. The number of urea groups is 1. The molecular weight excluding hydrogens is 228 g/mol. The van der Waals surface area contributed by atoms with Gasteiger partial charge in [-0.3, -0.25) is 10.00 Å². The van der Waals surface area contributed by atoms with Crippen LogP contribution < -0.4 is 10.6 Å². The monoisotopic (exact) mass is 244 g/mol. The van der Waals surface area contributed by atoms with Crippen molar-refractivity contribution < 1.29 is 4.79 Å². The Morgan fingerprint density at radius 1 is 1.39 bits per heavy atom. The molecule has 5 nitrogen and oxygen atoms in total. The Bertz CT molecular complexity index is 547. The summed E-state index contributed by atoms with van der Waals surface area (Å²) in [4.78, 5) is 11.6. The molecule has 1 heterocycles. The molecule has 2 amide bonds. The maximum absolute atomic E-state index is 11.6. The molecule has 0 bridgehead atoms. The maximum atomic E-state index is 11.6. The highest BCUT2D eigenvalue weighted by atomic mass is 16.2. The normalized spacial score (nSPS) is 10.1. The van der Waals surface area contributed by atoms with Gasteiger partial charge in [0.2, 0.25) is 0 Å². The van der Waals surface area contributed by atoms with Crippen LogP contribution in [0.25, 0.3) is 0 Å². The highest BCUT2D eigenvalue weighted by Crippen LogP contribution is 2.04. The number of benzene rings is 1. The smallest absolute Gasteiger partial charge is 0.320 e. The maximum Gasteiger partial charge on any atom is 0.320 e. The van der Waals surface area contributed by atoms with Crippen LogP contribution in [0, 0.1) is 6.92 Å². The van der Waals surface area contributed by atoms with Gasteiger partial charge >= 0.3 is 6.03 Å². The number of amides is 2. The van der Waals surface area contributed by atoms with E-state index in [-0.39, 0.29) is 6.03 Å². The van der Waals surface area contributed by atoms with Crippen molar-refractivity contribution in [2.75, 3.05) is 5.32 Å². The zero-order valence-electron chi connectivity index (χ0n) is 10.5. The van der Waals surface area contributed by atoms with Crippen LogP contribution in [0.4, 0.5) is 10.6 Å². The first-order valence-corrected chi connectivity index (χ1v) is 5.73. The number of hydrogen-bond donors (Lipinski definition) is 2. The minimum atomic E-state index is -0.254. The van der Waals surface area contributed by atoms with Gasteiger partial charge in [-0.2, -0.15) is 5.10 Å². The lowest BCUT2D eigenvalue weighted by molar-refractivity contribution is 0.251. The summed E-state index contributed by atoms with van der Waals surface area (Å²) in [6, 6.07) is 9.51. The van der Waals surface area contributed by atoms with E-state index in [9.17, 15) is 4.79 Å². The predicted octanol–water partition coefficient (Wildman–Crippen LogP) is 2.05. The molecule has 5 heteroatoms. The van der Waals surface area contributed by atoms with E-state index < -0.39 is 0 Å². The third kappa shape index (κ3) is 3.35. The number of nitrogens with zero attached hydrogens (tertiary/aromatic N) is 2. The predicted molar refractivity (Wildman–Crippen MR) is 70.2 cm³/mol. The summed E-state index contributed by atoms with van der Waals surface area (Å²) in [5.41, 5.74) is 2.26. The molecule has 0 spiro atoms. The lowest BCUT2D eigenvalue weighted by Gasteiger charge is -2.06. The average molecular weight is 244 g/mol. The van der Waals surface area contributed by atoms with Crippen molar-refractivity contribution >= 4 is 11.8 Å². The molecule has 0 fully saturated rings. The van der Waals surface area contributed by atoms with E-state index >= 15 is 0 Å². The van der Waals surface area contributed by atoms with Crippen LogP contribution in [0.15, 0.2) is 36.5 Å². The molecule has 2 aromatic rings. The largest absolute Gasteiger partial charge is 0.334 e. The van der Waals surface area contributed by atoms with Crippen molar-refractivity contribution in [3.63, 3.8) is 0 Å². The van der Waals surface area contributed by atoms with Crippen LogP contribution in [0.1, 0.15) is 11.1 Å². The molecule has 2 N–H and O–H groups in total. The van der Waals surface area contributed by atoms with Crippen molar-refractivity contribution in [3.05, 3.63) is 47.7 Å². The fourth-order valence-electron chi connectivity index (χ4n) is 1.65. The van der Waals surface area contributed by atoms with Gasteiger partial charge in [0.05, 0.1) is 0 Å². The molecule has 0 aliphatic carbocycles. The molecule has 0 unspecified atom stereocenters. The molecule has 0 saturated heterocycles. The average Bonchev–Trinajstić information content (AvgIpc) is 2.72. The Balaban J connectivity index is 1.85. The SMILES string of the molecule is Cc1cccc(CNC(=O)Nc2ccn(C)n2)c1. The summed E-state index contributed by atoms with van der Waals surface area (Å²) in [5, 5.41) is 9.51. The van der Waals surface area contributed by atoms with Crippen molar-refractivity contribution in [2.24, 2.45) is 7.05 Å². The molecule has 0 aliphatic rings. The van der Waals surface area contributed by atoms with Gasteiger partial charge in [0.15, 0.2) is 5.82 Å². The Morgan fingerprint density at radius 2 is 2.22 bits per heavy atom. The van der Waals surface area contributed by atoms with Crippen molar-refractivity contribution in [1.82, 2.24) is 15.1 Å². The molecule has 0 saturated carbocycles. The van der Waals surface area contributed by atoms with Gasteiger partial charge in [-0.05, 0) is 12.5 Å². The van der Waals surface area contributed by atoms with Crippen LogP contribution >= 0.6 is 0 Å². The van der Waals surface area contributed by atoms with Crippen molar-refractivity contribution in [2.45, 2.75) is 13.5 Å². The van der Waals surface area contributed by atoms with Gasteiger partial charge < -0.3 is 5.32 Å². The van der Waals surface area contributed by atoms with Gasteiger partial charge in [0.25, 0.3) is 0 Å². The fourth-order valence-corrected chi connectivity index (χ4v) is 1.65. The van der Waals surface area contributed by atoms with Crippen LogP contribution in [-0.2, 0) is 13.6 Å². The number of nitrogens with one attached hydrogen (secondary N) is 2.